The van der Waals surface area contributed by atoms with Gasteiger partial charge in [-0.15, -0.1) is 0 Å². The second kappa shape index (κ2) is 12.9. The van der Waals surface area contributed by atoms with Crippen molar-refractivity contribution in [2.24, 2.45) is 0 Å². The Balaban J connectivity index is 0.000000483. The molecule has 0 unspecified atom stereocenters. The number of anilines is 2. The molecule has 1 radical (unpaired) electrons. The van der Waals surface area contributed by atoms with Gasteiger partial charge in [0, 0.05) is 11.4 Å². The third-order valence-electron chi connectivity index (χ3n) is 3.75. The van der Waals surface area contributed by atoms with Gasteiger partial charge in [0.1, 0.15) is 0 Å². The van der Waals surface area contributed by atoms with E-state index in [9.17, 15) is 9.59 Å². The molecule has 0 aliphatic rings. The zero-order valence-electron chi connectivity index (χ0n) is 15.8. The molecule has 2 rings (SSSR count). The van der Waals surface area contributed by atoms with Crippen LogP contribution in [0, 0.1) is 27.7 Å². The Bertz CT molecular complexity index is 677. The fraction of sp³-hybridized carbons (Fsp3) is 0.300. The minimum Gasteiger partial charge on any atom is -0.783 e. The van der Waals surface area contributed by atoms with Gasteiger partial charge in [0.25, 0.3) is 0 Å². The van der Waals surface area contributed by atoms with Crippen molar-refractivity contribution in [1.82, 2.24) is 0 Å². The van der Waals surface area contributed by atoms with Crippen LogP contribution in [0.3, 0.4) is 0 Å². The molecule has 0 fully saturated rings. The molecular weight excluding hydrogens is 428 g/mol. The van der Waals surface area contributed by atoms with Crippen molar-refractivity contribution in [3.05, 3.63) is 58.7 Å². The molecule has 0 aliphatic heterocycles. The predicted molar refractivity (Wildman–Crippen MR) is 114 cm³/mol. The van der Waals surface area contributed by atoms with E-state index in [-0.39, 0.29) is 40.4 Å². The SMILES string of the molecule is Cc1cccc(C)c1NC(=O)C[S-].Cc1cccc(C)c1NC(=O)C[S-].[Cu+2]. The standard InChI is InChI=1S/2C10H13NOS.Cu/c2*1-7-4-3-5-8(2)10(7)11-9(12)6-13;/h2*3-5,13H,6H2,1-2H3,(H,11,12);/q;;+2/p-2. The van der Waals surface area contributed by atoms with E-state index >= 15 is 0 Å². The zero-order valence-corrected chi connectivity index (χ0v) is 18.4. The largest absolute Gasteiger partial charge is 2.00 e. The molecule has 0 saturated heterocycles. The number of hydrogen-bond donors (Lipinski definition) is 2. The molecule has 0 aliphatic carbocycles. The Kier molecular flexibility index (Phi) is 12.2. The minimum atomic E-state index is -0.118. The summed E-state index contributed by atoms with van der Waals surface area (Å²) in [7, 11) is 0. The molecule has 7 heteroatoms. The summed E-state index contributed by atoms with van der Waals surface area (Å²) < 4.78 is 0. The van der Waals surface area contributed by atoms with Crippen molar-refractivity contribution < 1.29 is 26.7 Å². The van der Waals surface area contributed by atoms with E-state index < -0.39 is 0 Å². The number of benzene rings is 2. The maximum absolute atomic E-state index is 11.1. The van der Waals surface area contributed by atoms with E-state index in [2.05, 4.69) is 35.9 Å². The second-order valence-corrected chi connectivity index (χ2v) is 6.50. The van der Waals surface area contributed by atoms with Crippen molar-refractivity contribution in [2.75, 3.05) is 22.1 Å². The van der Waals surface area contributed by atoms with E-state index in [1.165, 1.54) is 0 Å². The van der Waals surface area contributed by atoms with Gasteiger partial charge < -0.3 is 35.9 Å². The van der Waals surface area contributed by atoms with Crippen molar-refractivity contribution in [3.63, 3.8) is 0 Å². The predicted octanol–water partition coefficient (Wildman–Crippen LogP) is 3.58. The van der Waals surface area contributed by atoms with Crippen molar-refractivity contribution >= 4 is 48.4 Å². The van der Waals surface area contributed by atoms with Gasteiger partial charge in [-0.25, -0.2) is 0 Å². The van der Waals surface area contributed by atoms with Crippen LogP contribution in [0.4, 0.5) is 11.4 Å². The third-order valence-corrected chi connectivity index (χ3v) is 4.28. The maximum Gasteiger partial charge on any atom is 2.00 e. The fourth-order valence-electron chi connectivity index (χ4n) is 2.37. The molecule has 2 N–H and O–H groups in total. The summed E-state index contributed by atoms with van der Waals surface area (Å²) in [4.78, 5) is 22.1. The summed E-state index contributed by atoms with van der Waals surface area (Å²) in [6.45, 7) is 7.86. The third kappa shape index (κ3) is 8.43. The van der Waals surface area contributed by atoms with Crippen LogP contribution >= 0.6 is 0 Å². The van der Waals surface area contributed by atoms with E-state index in [1.54, 1.807) is 0 Å². The molecular formula is C20H24CuN2O2S2. The van der Waals surface area contributed by atoms with Crippen LogP contribution in [-0.2, 0) is 51.9 Å². The fourth-order valence-corrected chi connectivity index (χ4v) is 2.52. The molecule has 27 heavy (non-hydrogen) atoms. The monoisotopic (exact) mass is 451 g/mol. The molecule has 4 nitrogen and oxygen atoms in total. The number of nitrogens with one attached hydrogen (secondary N) is 2. The first-order chi connectivity index (χ1) is 12.3. The van der Waals surface area contributed by atoms with Crippen molar-refractivity contribution in [1.29, 1.82) is 0 Å². The molecule has 149 valence electrons. The number of rotatable bonds is 4. The van der Waals surface area contributed by atoms with Crippen LogP contribution in [0.25, 0.3) is 0 Å². The average molecular weight is 452 g/mol. The van der Waals surface area contributed by atoms with Gasteiger partial charge in [-0.2, -0.15) is 0 Å². The Morgan fingerprint density at radius 3 is 1.19 bits per heavy atom. The van der Waals surface area contributed by atoms with Crippen LogP contribution in [0.5, 0.6) is 0 Å². The summed E-state index contributed by atoms with van der Waals surface area (Å²) in [5.74, 6) is -0.0264. The summed E-state index contributed by atoms with van der Waals surface area (Å²) in [6, 6.07) is 11.8. The Morgan fingerprint density at radius 1 is 0.704 bits per heavy atom. The number of hydrogen-bond acceptors (Lipinski definition) is 4. The second-order valence-electron chi connectivity index (χ2n) is 5.92. The number of aryl methyl sites for hydroxylation is 4. The first-order valence-electron chi connectivity index (χ1n) is 8.18. The van der Waals surface area contributed by atoms with Gasteiger partial charge >= 0.3 is 17.1 Å². The van der Waals surface area contributed by atoms with E-state index in [0.29, 0.717) is 0 Å². The molecule has 0 aromatic heterocycles. The topological polar surface area (TPSA) is 58.2 Å². The average Bonchev–Trinajstić information content (AvgIpc) is 2.61. The normalized spacial score (nSPS) is 9.41. The molecule has 0 bridgehead atoms. The molecule has 0 atom stereocenters. The first-order valence-corrected chi connectivity index (χ1v) is 9.34. The smallest absolute Gasteiger partial charge is 0.783 e. The molecule has 2 amide bonds. The minimum absolute atomic E-state index is 0. The number of amides is 2. The van der Waals surface area contributed by atoms with Gasteiger partial charge in [-0.05, 0) is 49.9 Å². The van der Waals surface area contributed by atoms with Crippen molar-refractivity contribution in [2.45, 2.75) is 27.7 Å². The molecule has 2 aromatic carbocycles. The maximum atomic E-state index is 11.1. The van der Waals surface area contributed by atoms with Gasteiger partial charge in [-0.1, -0.05) is 47.9 Å². The van der Waals surface area contributed by atoms with Crippen LogP contribution in [0.15, 0.2) is 36.4 Å². The van der Waals surface area contributed by atoms with Gasteiger partial charge in [-0.3, -0.25) is 9.59 Å². The summed E-state index contributed by atoms with van der Waals surface area (Å²) >= 11 is 9.30. The molecule has 2 aromatic rings. The molecule has 0 heterocycles. The molecule has 0 spiro atoms. The van der Waals surface area contributed by atoms with Crippen LogP contribution in [0.1, 0.15) is 22.3 Å². The van der Waals surface area contributed by atoms with Crippen molar-refractivity contribution in [3.8, 4) is 0 Å². The van der Waals surface area contributed by atoms with Gasteiger partial charge in [0.2, 0.25) is 0 Å². The number of carbonyl (C=O) groups is 2. The first kappa shape index (κ1) is 25.6. The summed E-state index contributed by atoms with van der Waals surface area (Å²) in [5.41, 5.74) is 6.04. The quantitative estimate of drug-likeness (QED) is 0.551. The van der Waals surface area contributed by atoms with Crippen LogP contribution < -0.4 is 10.6 Å². The molecule has 0 saturated carbocycles. The number of para-hydroxylation sites is 2. The van der Waals surface area contributed by atoms with E-state index in [1.807, 2.05) is 64.1 Å². The zero-order chi connectivity index (χ0) is 19.7. The van der Waals surface area contributed by atoms with Crippen LogP contribution in [-0.4, -0.2) is 23.3 Å². The Labute approximate surface area is 183 Å². The van der Waals surface area contributed by atoms with Gasteiger partial charge in [0.05, 0.1) is 0 Å². The van der Waals surface area contributed by atoms with E-state index in [0.717, 1.165) is 33.6 Å². The van der Waals surface area contributed by atoms with Crippen LogP contribution in [0.2, 0.25) is 0 Å². The summed E-state index contributed by atoms with van der Waals surface area (Å²) in [6.07, 6.45) is 0. The summed E-state index contributed by atoms with van der Waals surface area (Å²) in [5, 5.41) is 5.57. The van der Waals surface area contributed by atoms with E-state index in [4.69, 9.17) is 0 Å². The number of carbonyl (C=O) groups excluding carboxylic acids is 2. The Hall–Kier alpha value is -1.40. The van der Waals surface area contributed by atoms with Gasteiger partial charge in [0.15, 0.2) is 11.8 Å². The Morgan fingerprint density at radius 2 is 0.963 bits per heavy atom.